The Morgan fingerprint density at radius 1 is 0.854 bits per heavy atom. The highest BCUT2D eigenvalue weighted by Gasteiger charge is 2.52. The second kappa shape index (κ2) is 9.85. The topological polar surface area (TPSA) is 205 Å². The summed E-state index contributed by atoms with van der Waals surface area (Å²) in [4.78, 5) is 48.1. The number of nitrogens with one attached hydrogen (secondary N) is 4. The fourth-order valence-corrected chi connectivity index (χ4v) is 7.31. The molecule has 0 spiro atoms. The van der Waals surface area contributed by atoms with Gasteiger partial charge in [-0.25, -0.2) is 9.97 Å². The van der Waals surface area contributed by atoms with Crippen molar-refractivity contribution in [1.82, 2.24) is 40.3 Å². The maximum atomic E-state index is 14.5. The summed E-state index contributed by atoms with van der Waals surface area (Å²) in [5, 5.41) is 25.7. The van der Waals surface area contributed by atoms with Crippen LogP contribution in [0.5, 0.6) is 0 Å². The number of nitrogens with two attached hydrogens (primary N) is 1. The SMILES string of the molecule is Cc1cc(-c2nc3cc4c(cc3[nH]2)C(C)(C)C(=O)N4C(C#N)c2c3c(cc4nc(-c5cc(C)[nH]n5)[nH]c24)N(CCN)C(=O)C3(C)C)n[nH]1. The first-order valence-corrected chi connectivity index (χ1v) is 15.8. The summed E-state index contributed by atoms with van der Waals surface area (Å²) in [7, 11) is 0. The van der Waals surface area contributed by atoms with Gasteiger partial charge < -0.3 is 20.6 Å². The molecule has 6 aromatic rings. The molecule has 2 aliphatic rings. The maximum absolute atomic E-state index is 14.5. The zero-order valence-electron chi connectivity index (χ0n) is 27.4. The quantitative estimate of drug-likeness (QED) is 0.177. The number of nitrogens with zero attached hydrogens (tertiary/aromatic N) is 7. The van der Waals surface area contributed by atoms with Crippen LogP contribution in [0.25, 0.3) is 45.1 Å². The fourth-order valence-electron chi connectivity index (χ4n) is 7.31. The van der Waals surface area contributed by atoms with Gasteiger partial charge in [0, 0.05) is 30.0 Å². The van der Waals surface area contributed by atoms with Crippen LogP contribution in [-0.2, 0) is 20.4 Å². The summed E-state index contributed by atoms with van der Waals surface area (Å²) >= 11 is 0. The van der Waals surface area contributed by atoms with Crippen LogP contribution >= 0.6 is 0 Å². The lowest BCUT2D eigenvalue weighted by atomic mass is 9.80. The molecule has 0 fully saturated rings. The Kier molecular flexibility index (Phi) is 6.07. The molecule has 0 saturated heterocycles. The number of hydrogen-bond acceptors (Lipinski definition) is 8. The highest BCUT2D eigenvalue weighted by atomic mass is 16.2. The largest absolute Gasteiger partial charge is 0.337 e. The van der Waals surface area contributed by atoms with E-state index in [2.05, 4.69) is 36.4 Å². The van der Waals surface area contributed by atoms with Crippen LogP contribution in [0.2, 0.25) is 0 Å². The third kappa shape index (κ3) is 3.94. The van der Waals surface area contributed by atoms with E-state index in [0.717, 1.165) is 22.5 Å². The third-order valence-corrected chi connectivity index (χ3v) is 9.69. The molecule has 0 bridgehead atoms. The van der Waals surface area contributed by atoms with Gasteiger partial charge in [-0.1, -0.05) is 0 Å². The Balaban J connectivity index is 1.38. The second-order valence-corrected chi connectivity index (χ2v) is 13.7. The number of fused-ring (bicyclic) bond motifs is 4. The number of aromatic nitrogens is 8. The second-order valence-electron chi connectivity index (χ2n) is 13.7. The molecule has 2 amide bonds. The molecule has 14 nitrogen and oxygen atoms in total. The number of benzene rings is 2. The van der Waals surface area contributed by atoms with Gasteiger partial charge in [-0.3, -0.25) is 24.7 Å². The Labute approximate surface area is 274 Å². The molecule has 242 valence electrons. The zero-order chi connectivity index (χ0) is 33.9. The summed E-state index contributed by atoms with van der Waals surface area (Å²) in [5.74, 6) is 0.712. The van der Waals surface area contributed by atoms with Crippen LogP contribution in [0, 0.1) is 25.2 Å². The van der Waals surface area contributed by atoms with E-state index in [1.165, 1.54) is 0 Å². The van der Waals surface area contributed by atoms with Crippen molar-refractivity contribution in [3.05, 3.63) is 58.4 Å². The van der Waals surface area contributed by atoms with E-state index >= 15 is 0 Å². The van der Waals surface area contributed by atoms with E-state index in [-0.39, 0.29) is 18.4 Å². The zero-order valence-corrected chi connectivity index (χ0v) is 27.4. The van der Waals surface area contributed by atoms with Crippen molar-refractivity contribution in [2.75, 3.05) is 22.9 Å². The van der Waals surface area contributed by atoms with Crippen molar-refractivity contribution in [1.29, 1.82) is 5.26 Å². The molecule has 0 radical (unpaired) electrons. The molecule has 8 rings (SSSR count). The summed E-state index contributed by atoms with van der Waals surface area (Å²) in [6.45, 7) is 11.8. The van der Waals surface area contributed by atoms with Crippen LogP contribution in [0.3, 0.4) is 0 Å². The molecular formula is C34H34N12O2. The van der Waals surface area contributed by atoms with Gasteiger partial charge in [0.05, 0.1) is 50.3 Å². The molecule has 1 atom stereocenters. The number of aryl methyl sites for hydroxylation is 2. The number of carbonyl (C=O) groups is 2. The van der Waals surface area contributed by atoms with Crippen molar-refractivity contribution in [3.63, 3.8) is 0 Å². The standard InChI is InChI=1S/C34H34N12O2/c1-15-9-21(43-41-15)29-37-18-11-17-23(12-19(18)38-29)46(32(48)33(17,3)4)25(14-36)26-27-24(45(8-7-35)31(47)34(27,5)6)13-20-28(26)40-30(39-20)22-10-16(2)42-44-22/h9-13,25H,7-8,35H2,1-6H3,(H,37,38)(H,39,40)(H,41,43)(H,42,44). The highest BCUT2D eigenvalue weighted by molar-refractivity contribution is 6.13. The third-order valence-electron chi connectivity index (χ3n) is 9.69. The predicted octanol–water partition coefficient (Wildman–Crippen LogP) is 4.31. The van der Waals surface area contributed by atoms with Crippen LogP contribution in [0.4, 0.5) is 11.4 Å². The molecule has 14 heteroatoms. The normalized spacial score (nSPS) is 17.0. The average Bonchev–Trinajstić information content (AvgIpc) is 3.88. The Morgan fingerprint density at radius 2 is 1.48 bits per heavy atom. The number of H-pyrrole nitrogens is 4. The first-order chi connectivity index (χ1) is 22.8. The summed E-state index contributed by atoms with van der Waals surface area (Å²) < 4.78 is 0. The minimum absolute atomic E-state index is 0.135. The maximum Gasteiger partial charge on any atom is 0.238 e. The van der Waals surface area contributed by atoms with Gasteiger partial charge in [0.25, 0.3) is 0 Å². The number of amides is 2. The first kappa shape index (κ1) is 29.6. The van der Waals surface area contributed by atoms with Gasteiger partial charge in [0.15, 0.2) is 17.7 Å². The lowest BCUT2D eigenvalue weighted by Gasteiger charge is -2.29. The summed E-state index contributed by atoms with van der Waals surface area (Å²) in [5.41, 5.74) is 12.6. The van der Waals surface area contributed by atoms with E-state index in [1.807, 2.05) is 71.9 Å². The average molecular weight is 643 g/mol. The van der Waals surface area contributed by atoms with Crippen LogP contribution in [-0.4, -0.2) is 65.2 Å². The fraction of sp³-hybridized carbons (Fsp3) is 0.324. The van der Waals surface area contributed by atoms with Crippen molar-refractivity contribution in [2.45, 2.75) is 58.4 Å². The minimum Gasteiger partial charge on any atom is -0.337 e. The summed E-state index contributed by atoms with van der Waals surface area (Å²) in [6, 6.07) is 10.8. The highest BCUT2D eigenvalue weighted by Crippen LogP contribution is 2.52. The molecule has 6 heterocycles. The molecule has 0 aliphatic carbocycles. The van der Waals surface area contributed by atoms with Crippen LogP contribution in [0.1, 0.15) is 61.8 Å². The molecule has 0 saturated carbocycles. The van der Waals surface area contributed by atoms with Crippen molar-refractivity contribution in [3.8, 4) is 29.1 Å². The number of imidazole rings is 2. The number of anilines is 2. The molecule has 1 unspecified atom stereocenters. The molecule has 4 aromatic heterocycles. The monoisotopic (exact) mass is 642 g/mol. The van der Waals surface area contributed by atoms with E-state index in [4.69, 9.17) is 15.7 Å². The molecule has 48 heavy (non-hydrogen) atoms. The van der Waals surface area contributed by atoms with Gasteiger partial charge in [-0.05, 0) is 83.0 Å². The number of hydrogen-bond donors (Lipinski definition) is 5. The number of carbonyl (C=O) groups excluding carboxylic acids is 2. The molecular weight excluding hydrogens is 608 g/mol. The van der Waals surface area contributed by atoms with E-state index in [9.17, 15) is 14.9 Å². The predicted molar refractivity (Wildman–Crippen MR) is 180 cm³/mol. The van der Waals surface area contributed by atoms with Gasteiger partial charge in [-0.2, -0.15) is 15.5 Å². The van der Waals surface area contributed by atoms with Crippen molar-refractivity contribution in [2.24, 2.45) is 5.73 Å². The molecule has 6 N–H and O–H groups in total. The number of aromatic amines is 4. The van der Waals surface area contributed by atoms with Crippen LogP contribution < -0.4 is 15.5 Å². The smallest absolute Gasteiger partial charge is 0.238 e. The Morgan fingerprint density at radius 3 is 2.08 bits per heavy atom. The molecule has 2 aromatic carbocycles. The first-order valence-electron chi connectivity index (χ1n) is 15.8. The Bertz CT molecular complexity index is 2380. The van der Waals surface area contributed by atoms with E-state index < -0.39 is 16.9 Å². The molecule has 2 aliphatic heterocycles. The van der Waals surface area contributed by atoms with E-state index in [1.54, 1.807) is 9.80 Å². The van der Waals surface area contributed by atoms with Crippen molar-refractivity contribution < 1.29 is 9.59 Å². The Hall–Kier alpha value is -5.81. The van der Waals surface area contributed by atoms with Crippen molar-refractivity contribution >= 4 is 45.3 Å². The number of nitriles is 1. The minimum atomic E-state index is -1.13. The van der Waals surface area contributed by atoms with Gasteiger partial charge in [0.1, 0.15) is 11.4 Å². The lowest BCUT2D eigenvalue weighted by Crippen LogP contribution is -2.40. The van der Waals surface area contributed by atoms with Crippen LogP contribution in [0.15, 0.2) is 30.3 Å². The van der Waals surface area contributed by atoms with E-state index in [0.29, 0.717) is 68.6 Å². The lowest BCUT2D eigenvalue weighted by molar-refractivity contribution is -0.122. The number of rotatable bonds is 6. The van der Waals surface area contributed by atoms with Gasteiger partial charge in [0.2, 0.25) is 11.8 Å². The van der Waals surface area contributed by atoms with Gasteiger partial charge in [-0.15, -0.1) is 0 Å². The summed E-state index contributed by atoms with van der Waals surface area (Å²) in [6.07, 6.45) is 0. The van der Waals surface area contributed by atoms with Gasteiger partial charge >= 0.3 is 0 Å².